The zero-order valence-corrected chi connectivity index (χ0v) is 6.49. The maximum Gasteiger partial charge on any atom is 1.00 e. The molecule has 56 valence electrons. The van der Waals surface area contributed by atoms with Gasteiger partial charge in [0.2, 0.25) is 0 Å². The van der Waals surface area contributed by atoms with Gasteiger partial charge in [0.25, 0.3) is 0 Å². The fraction of sp³-hybridized carbons (Fsp3) is 0.333. The molecule has 0 bridgehead atoms. The number of esters is 1. The zero-order chi connectivity index (χ0) is 7.98. The molecule has 11 heavy (non-hydrogen) atoms. The molecule has 0 unspecified atom stereocenters. The molecule has 0 atom stereocenters. The van der Waals surface area contributed by atoms with E-state index in [0.29, 0.717) is 6.08 Å². The molecule has 0 aliphatic rings. The standard InChI is InChI=1S/C6H8O4.Li/c1-2-10-6(9)4-3-5(7)8;/h3-4H,2H2,1H3,(H,7,8);/q;+1/p-1/b4-3-;. The van der Waals surface area contributed by atoms with Crippen LogP contribution in [0.4, 0.5) is 0 Å². The van der Waals surface area contributed by atoms with Gasteiger partial charge in [-0.2, -0.15) is 0 Å². The topological polar surface area (TPSA) is 66.4 Å². The Morgan fingerprint density at radius 3 is 2.36 bits per heavy atom. The van der Waals surface area contributed by atoms with Crippen LogP contribution in [0.25, 0.3) is 0 Å². The quantitative estimate of drug-likeness (QED) is 0.233. The molecule has 0 aromatic rings. The van der Waals surface area contributed by atoms with Gasteiger partial charge < -0.3 is 14.6 Å². The second-order valence-electron chi connectivity index (χ2n) is 1.40. The third-order valence-electron chi connectivity index (χ3n) is 0.642. The number of carboxylic acids is 1. The molecule has 5 heteroatoms. The molecular weight excluding hydrogens is 143 g/mol. The van der Waals surface area contributed by atoms with Crippen LogP contribution in [0.1, 0.15) is 6.92 Å². The van der Waals surface area contributed by atoms with Crippen molar-refractivity contribution in [3.8, 4) is 0 Å². The van der Waals surface area contributed by atoms with Crippen molar-refractivity contribution in [1.29, 1.82) is 0 Å². The summed E-state index contributed by atoms with van der Waals surface area (Å²) in [6, 6.07) is 0. The maximum absolute atomic E-state index is 10.3. The maximum atomic E-state index is 10.3. The van der Waals surface area contributed by atoms with Gasteiger partial charge in [-0.1, -0.05) is 0 Å². The van der Waals surface area contributed by atoms with Crippen LogP contribution in [-0.2, 0) is 14.3 Å². The summed E-state index contributed by atoms with van der Waals surface area (Å²) in [5.41, 5.74) is 0. The van der Waals surface area contributed by atoms with E-state index < -0.39 is 11.9 Å². The summed E-state index contributed by atoms with van der Waals surface area (Å²) in [5, 5.41) is 9.70. The molecule has 0 radical (unpaired) electrons. The van der Waals surface area contributed by atoms with Gasteiger partial charge >= 0.3 is 24.8 Å². The Balaban J connectivity index is 0. The van der Waals surface area contributed by atoms with Gasteiger partial charge in [0.1, 0.15) is 0 Å². The van der Waals surface area contributed by atoms with E-state index >= 15 is 0 Å². The van der Waals surface area contributed by atoms with E-state index in [4.69, 9.17) is 0 Å². The molecule has 4 nitrogen and oxygen atoms in total. The summed E-state index contributed by atoms with van der Waals surface area (Å²) in [6.07, 6.45) is 1.43. The van der Waals surface area contributed by atoms with Crippen LogP contribution >= 0.6 is 0 Å². The average molecular weight is 150 g/mol. The molecule has 0 aromatic heterocycles. The molecule has 0 aliphatic heterocycles. The molecule has 0 aromatic carbocycles. The number of hydrogen-bond donors (Lipinski definition) is 0. The van der Waals surface area contributed by atoms with E-state index in [0.717, 1.165) is 6.08 Å². The first-order valence-corrected chi connectivity index (χ1v) is 2.72. The van der Waals surface area contributed by atoms with Crippen molar-refractivity contribution < 1.29 is 38.3 Å². The molecule has 0 fully saturated rings. The molecule has 0 amide bonds. The average Bonchev–Trinajstić information content (AvgIpc) is 1.85. The molecular formula is C6H7LiO4. The molecule has 0 saturated carbocycles. The summed E-state index contributed by atoms with van der Waals surface area (Å²) in [4.78, 5) is 20.0. The van der Waals surface area contributed by atoms with E-state index in [1.54, 1.807) is 6.92 Å². The fourth-order valence-corrected chi connectivity index (χ4v) is 0.326. The summed E-state index contributed by atoms with van der Waals surface area (Å²) in [6.45, 7) is 1.86. The number of hydrogen-bond acceptors (Lipinski definition) is 4. The minimum atomic E-state index is -1.41. The summed E-state index contributed by atoms with van der Waals surface area (Å²) >= 11 is 0. The van der Waals surface area contributed by atoms with Gasteiger partial charge in [0, 0.05) is 6.08 Å². The van der Waals surface area contributed by atoms with E-state index in [9.17, 15) is 14.7 Å². The van der Waals surface area contributed by atoms with Crippen molar-refractivity contribution in [3.05, 3.63) is 12.2 Å². The third kappa shape index (κ3) is 9.28. The predicted octanol–water partition coefficient (Wildman–Crippen LogP) is -4.14. The number of carboxylic acid groups (broad SMARTS) is 1. The van der Waals surface area contributed by atoms with Gasteiger partial charge in [0.05, 0.1) is 12.6 Å². The molecule has 0 aliphatic carbocycles. The van der Waals surface area contributed by atoms with Gasteiger partial charge in [0.15, 0.2) is 0 Å². The van der Waals surface area contributed by atoms with Crippen molar-refractivity contribution in [2.45, 2.75) is 6.92 Å². The Hall–Kier alpha value is -0.723. The van der Waals surface area contributed by atoms with Crippen LogP contribution in [-0.4, -0.2) is 18.5 Å². The largest absolute Gasteiger partial charge is 1.00 e. The Morgan fingerprint density at radius 2 is 2.00 bits per heavy atom. The number of carbonyl (C=O) groups excluding carboxylic acids is 2. The summed E-state index contributed by atoms with van der Waals surface area (Å²) in [7, 11) is 0. The Kier molecular flexibility index (Phi) is 8.67. The number of carbonyl (C=O) groups is 2. The van der Waals surface area contributed by atoms with E-state index in [1.165, 1.54) is 0 Å². The molecule has 0 heterocycles. The van der Waals surface area contributed by atoms with Gasteiger partial charge in [-0.05, 0) is 13.0 Å². The van der Waals surface area contributed by atoms with Crippen LogP contribution in [0.15, 0.2) is 12.2 Å². The normalized spacial score (nSPS) is 8.82. The second-order valence-corrected chi connectivity index (χ2v) is 1.40. The smallest absolute Gasteiger partial charge is 0.545 e. The SMILES string of the molecule is CCOC(=O)/C=C\C(=O)[O-].[Li+]. The first kappa shape index (κ1) is 12.9. The minimum Gasteiger partial charge on any atom is -0.545 e. The van der Waals surface area contributed by atoms with Crippen molar-refractivity contribution in [2.75, 3.05) is 6.61 Å². The van der Waals surface area contributed by atoms with Gasteiger partial charge in [-0.3, -0.25) is 0 Å². The van der Waals surface area contributed by atoms with E-state index in [2.05, 4.69) is 4.74 Å². The minimum absolute atomic E-state index is 0. The Labute approximate surface area is 76.4 Å². The summed E-state index contributed by atoms with van der Waals surface area (Å²) in [5.74, 6) is -2.08. The predicted molar refractivity (Wildman–Crippen MR) is 30.8 cm³/mol. The van der Waals surface area contributed by atoms with Crippen molar-refractivity contribution in [2.24, 2.45) is 0 Å². The van der Waals surface area contributed by atoms with Crippen LogP contribution in [0.3, 0.4) is 0 Å². The van der Waals surface area contributed by atoms with Crippen LogP contribution in [0, 0.1) is 0 Å². The second kappa shape index (κ2) is 7.39. The Bertz CT molecular complexity index is 164. The molecule has 0 spiro atoms. The number of ether oxygens (including phenoxy) is 1. The van der Waals surface area contributed by atoms with Gasteiger partial charge in [-0.25, -0.2) is 4.79 Å². The van der Waals surface area contributed by atoms with Crippen molar-refractivity contribution in [3.63, 3.8) is 0 Å². The van der Waals surface area contributed by atoms with E-state index in [1.807, 2.05) is 0 Å². The molecule has 0 N–H and O–H groups in total. The van der Waals surface area contributed by atoms with Crippen molar-refractivity contribution in [1.82, 2.24) is 0 Å². The fourth-order valence-electron chi connectivity index (χ4n) is 0.326. The number of rotatable bonds is 3. The van der Waals surface area contributed by atoms with Gasteiger partial charge in [-0.15, -0.1) is 0 Å². The molecule has 0 rings (SSSR count). The van der Waals surface area contributed by atoms with Crippen LogP contribution < -0.4 is 24.0 Å². The monoisotopic (exact) mass is 150 g/mol. The zero-order valence-electron chi connectivity index (χ0n) is 6.49. The van der Waals surface area contributed by atoms with Crippen molar-refractivity contribution >= 4 is 11.9 Å². The Morgan fingerprint density at radius 1 is 1.45 bits per heavy atom. The molecule has 0 saturated heterocycles. The first-order valence-electron chi connectivity index (χ1n) is 2.72. The van der Waals surface area contributed by atoms with Crippen LogP contribution in [0.5, 0.6) is 0 Å². The summed E-state index contributed by atoms with van der Waals surface area (Å²) < 4.78 is 4.38. The van der Waals surface area contributed by atoms with E-state index in [-0.39, 0.29) is 25.5 Å². The first-order chi connectivity index (χ1) is 4.66. The number of aliphatic carboxylic acids is 1. The van der Waals surface area contributed by atoms with Crippen LogP contribution in [0.2, 0.25) is 0 Å². The third-order valence-corrected chi connectivity index (χ3v) is 0.642.